The fourth-order valence-corrected chi connectivity index (χ4v) is 2.23. The third kappa shape index (κ3) is 1.82. The minimum absolute atomic E-state index is 0.120. The minimum Gasteiger partial charge on any atom is -0.381 e. The van der Waals surface area contributed by atoms with Crippen LogP contribution in [0, 0.1) is 5.82 Å². The van der Waals surface area contributed by atoms with E-state index < -0.39 is 5.69 Å². The third-order valence-corrected chi connectivity index (χ3v) is 3.05. The number of aromatic nitrogens is 2. The summed E-state index contributed by atoms with van der Waals surface area (Å²) in [5.74, 6) is -0.207. The summed E-state index contributed by atoms with van der Waals surface area (Å²) in [4.78, 5) is 18.0. The fourth-order valence-electron chi connectivity index (χ4n) is 2.23. The maximum Gasteiger partial charge on any atom is 0.345 e. The van der Waals surface area contributed by atoms with Crippen LogP contribution < -0.4 is 5.69 Å². The SMILES string of the molecule is O=c1nc2ccc(F)cc2c(C2CCOC2)[nH]1. The summed E-state index contributed by atoms with van der Waals surface area (Å²) in [5.41, 5.74) is 0.861. The van der Waals surface area contributed by atoms with Crippen molar-refractivity contribution in [3.63, 3.8) is 0 Å². The normalized spacial score (nSPS) is 19.9. The first-order valence-corrected chi connectivity index (χ1v) is 5.51. The molecule has 88 valence electrons. The van der Waals surface area contributed by atoms with Crippen LogP contribution in [0.1, 0.15) is 18.0 Å². The summed E-state index contributed by atoms with van der Waals surface area (Å²) in [7, 11) is 0. The van der Waals surface area contributed by atoms with E-state index in [9.17, 15) is 9.18 Å². The first-order chi connectivity index (χ1) is 8.24. The van der Waals surface area contributed by atoms with Crippen molar-refractivity contribution in [1.29, 1.82) is 0 Å². The number of hydrogen-bond donors (Lipinski definition) is 1. The van der Waals surface area contributed by atoms with Crippen molar-refractivity contribution in [3.05, 3.63) is 40.2 Å². The molecule has 0 bridgehead atoms. The number of fused-ring (bicyclic) bond motifs is 1. The van der Waals surface area contributed by atoms with Crippen LogP contribution >= 0.6 is 0 Å². The Bertz CT molecular complexity index is 617. The molecule has 1 aliphatic rings. The van der Waals surface area contributed by atoms with Gasteiger partial charge in [0.2, 0.25) is 0 Å². The van der Waals surface area contributed by atoms with Gasteiger partial charge in [0.05, 0.1) is 12.1 Å². The fraction of sp³-hybridized carbons (Fsp3) is 0.333. The molecule has 0 spiro atoms. The molecule has 1 aliphatic heterocycles. The van der Waals surface area contributed by atoms with Crippen molar-refractivity contribution in [2.24, 2.45) is 0 Å². The summed E-state index contributed by atoms with van der Waals surface area (Å²) in [5, 5.41) is 0.667. The van der Waals surface area contributed by atoms with Crippen molar-refractivity contribution in [1.82, 2.24) is 9.97 Å². The first-order valence-electron chi connectivity index (χ1n) is 5.51. The molecule has 0 amide bonds. The van der Waals surface area contributed by atoms with Crippen LogP contribution in [0.4, 0.5) is 4.39 Å². The van der Waals surface area contributed by atoms with E-state index >= 15 is 0 Å². The molecule has 0 radical (unpaired) electrons. The lowest BCUT2D eigenvalue weighted by Crippen LogP contribution is -2.16. The Kier molecular flexibility index (Phi) is 2.40. The molecule has 0 aliphatic carbocycles. The van der Waals surface area contributed by atoms with E-state index in [-0.39, 0.29) is 11.7 Å². The highest BCUT2D eigenvalue weighted by Crippen LogP contribution is 2.28. The molecule has 1 N–H and O–H groups in total. The molecule has 4 nitrogen and oxygen atoms in total. The Morgan fingerprint density at radius 3 is 3.12 bits per heavy atom. The predicted molar refractivity (Wildman–Crippen MR) is 60.5 cm³/mol. The van der Waals surface area contributed by atoms with Gasteiger partial charge in [0.15, 0.2) is 0 Å². The van der Waals surface area contributed by atoms with Gasteiger partial charge in [0, 0.05) is 23.6 Å². The number of halogens is 1. The number of rotatable bonds is 1. The lowest BCUT2D eigenvalue weighted by molar-refractivity contribution is 0.193. The van der Waals surface area contributed by atoms with Gasteiger partial charge in [-0.25, -0.2) is 9.18 Å². The van der Waals surface area contributed by atoms with E-state index in [4.69, 9.17) is 4.74 Å². The average molecular weight is 234 g/mol. The Balaban J connectivity index is 2.27. The molecule has 1 fully saturated rings. The van der Waals surface area contributed by atoms with Crippen LogP contribution in [0.25, 0.3) is 10.9 Å². The molecule has 0 saturated carbocycles. The van der Waals surface area contributed by atoms with Crippen molar-refractivity contribution < 1.29 is 9.13 Å². The highest BCUT2D eigenvalue weighted by Gasteiger charge is 2.21. The van der Waals surface area contributed by atoms with Gasteiger partial charge < -0.3 is 9.72 Å². The molecule has 1 saturated heterocycles. The third-order valence-electron chi connectivity index (χ3n) is 3.05. The Hall–Kier alpha value is -1.75. The quantitative estimate of drug-likeness (QED) is 0.814. The monoisotopic (exact) mass is 234 g/mol. The molecule has 1 aromatic carbocycles. The first kappa shape index (κ1) is 10.4. The van der Waals surface area contributed by atoms with Gasteiger partial charge in [0.25, 0.3) is 0 Å². The molecule has 17 heavy (non-hydrogen) atoms. The highest BCUT2D eigenvalue weighted by molar-refractivity contribution is 5.81. The van der Waals surface area contributed by atoms with Crippen molar-refractivity contribution in [2.45, 2.75) is 12.3 Å². The van der Waals surface area contributed by atoms with Gasteiger partial charge in [0.1, 0.15) is 5.82 Å². The molecule has 2 heterocycles. The van der Waals surface area contributed by atoms with Crippen LogP contribution in [-0.2, 0) is 4.74 Å². The van der Waals surface area contributed by atoms with E-state index in [1.165, 1.54) is 18.2 Å². The van der Waals surface area contributed by atoms with Gasteiger partial charge in [-0.05, 0) is 24.6 Å². The number of aromatic amines is 1. The maximum atomic E-state index is 13.3. The zero-order valence-electron chi connectivity index (χ0n) is 9.07. The summed E-state index contributed by atoms with van der Waals surface area (Å²) < 4.78 is 18.5. The van der Waals surface area contributed by atoms with Gasteiger partial charge in [-0.2, -0.15) is 4.98 Å². The van der Waals surface area contributed by atoms with E-state index in [1.807, 2.05) is 0 Å². The maximum absolute atomic E-state index is 13.3. The second-order valence-electron chi connectivity index (χ2n) is 4.18. The number of hydrogen-bond acceptors (Lipinski definition) is 3. The molecule has 5 heteroatoms. The van der Waals surface area contributed by atoms with Crippen LogP contribution in [0.15, 0.2) is 23.0 Å². The van der Waals surface area contributed by atoms with Crippen LogP contribution in [0.2, 0.25) is 0 Å². The van der Waals surface area contributed by atoms with E-state index in [2.05, 4.69) is 9.97 Å². The molecule has 3 rings (SSSR count). The summed E-state index contributed by atoms with van der Waals surface area (Å²) >= 11 is 0. The van der Waals surface area contributed by atoms with Crippen LogP contribution in [0.3, 0.4) is 0 Å². The standard InChI is InChI=1S/C12H11FN2O2/c13-8-1-2-10-9(5-8)11(15-12(16)14-10)7-3-4-17-6-7/h1-2,5,7H,3-4,6H2,(H,14,15,16). The molecular weight excluding hydrogens is 223 g/mol. The van der Waals surface area contributed by atoms with Gasteiger partial charge in [-0.1, -0.05) is 0 Å². The lowest BCUT2D eigenvalue weighted by atomic mass is 10.0. The largest absolute Gasteiger partial charge is 0.381 e. The summed E-state index contributed by atoms with van der Waals surface area (Å²) in [6, 6.07) is 4.24. The molecule has 1 unspecified atom stereocenters. The number of nitrogens with one attached hydrogen (secondary N) is 1. The Labute approximate surface area is 96.4 Å². The average Bonchev–Trinajstić information content (AvgIpc) is 2.82. The zero-order valence-corrected chi connectivity index (χ0v) is 9.07. The van der Waals surface area contributed by atoms with Gasteiger partial charge in [-0.3, -0.25) is 0 Å². The van der Waals surface area contributed by atoms with Crippen molar-refractivity contribution in [3.8, 4) is 0 Å². The summed E-state index contributed by atoms with van der Waals surface area (Å²) in [6.45, 7) is 1.23. The number of benzene rings is 1. The van der Waals surface area contributed by atoms with E-state index in [0.717, 1.165) is 12.1 Å². The summed E-state index contributed by atoms with van der Waals surface area (Å²) in [6.07, 6.45) is 0.839. The smallest absolute Gasteiger partial charge is 0.345 e. The van der Waals surface area contributed by atoms with Crippen LogP contribution in [-0.4, -0.2) is 23.2 Å². The van der Waals surface area contributed by atoms with Crippen molar-refractivity contribution >= 4 is 10.9 Å². The zero-order chi connectivity index (χ0) is 11.8. The number of nitrogens with zero attached hydrogens (tertiary/aromatic N) is 1. The van der Waals surface area contributed by atoms with E-state index in [0.29, 0.717) is 24.1 Å². The molecule has 1 aromatic heterocycles. The van der Waals surface area contributed by atoms with Gasteiger partial charge in [-0.15, -0.1) is 0 Å². The topological polar surface area (TPSA) is 55.0 Å². The second-order valence-corrected chi connectivity index (χ2v) is 4.18. The van der Waals surface area contributed by atoms with Gasteiger partial charge >= 0.3 is 5.69 Å². The molecular formula is C12H11FN2O2. The number of ether oxygens (including phenoxy) is 1. The van der Waals surface area contributed by atoms with Crippen LogP contribution in [0.5, 0.6) is 0 Å². The predicted octanol–water partition coefficient (Wildman–Crippen LogP) is 1.57. The highest BCUT2D eigenvalue weighted by atomic mass is 19.1. The lowest BCUT2D eigenvalue weighted by Gasteiger charge is -2.10. The molecule has 1 atom stereocenters. The van der Waals surface area contributed by atoms with Crippen molar-refractivity contribution in [2.75, 3.05) is 13.2 Å². The Morgan fingerprint density at radius 1 is 1.47 bits per heavy atom. The van der Waals surface area contributed by atoms with E-state index in [1.54, 1.807) is 0 Å². The minimum atomic E-state index is -0.397. The molecule has 2 aromatic rings. The number of H-pyrrole nitrogens is 1. The Morgan fingerprint density at radius 2 is 2.35 bits per heavy atom. The second kappa shape index (κ2) is 3.92.